The van der Waals surface area contributed by atoms with Crippen LogP contribution in [0.25, 0.3) is 11.0 Å². The van der Waals surface area contributed by atoms with Crippen molar-refractivity contribution in [2.45, 2.75) is 33.7 Å². The molecule has 0 amide bonds. The quantitative estimate of drug-likeness (QED) is 0.810. The van der Waals surface area contributed by atoms with Crippen LogP contribution in [0, 0.1) is 6.92 Å². The summed E-state index contributed by atoms with van der Waals surface area (Å²) in [6.07, 6.45) is 0.841. The lowest BCUT2D eigenvalue weighted by Crippen LogP contribution is -2.14. The van der Waals surface area contributed by atoms with Gasteiger partial charge in [-0.05, 0) is 13.8 Å². The molecule has 2 rings (SSSR count). The van der Waals surface area contributed by atoms with Crippen molar-refractivity contribution in [1.29, 1.82) is 0 Å². The smallest absolute Gasteiger partial charge is 0.158 e. The first-order valence-corrected chi connectivity index (χ1v) is 5.99. The molecule has 0 saturated heterocycles. The minimum Gasteiger partial charge on any atom is -0.361 e. The van der Waals surface area contributed by atoms with Gasteiger partial charge in [0.2, 0.25) is 0 Å². The van der Waals surface area contributed by atoms with Crippen LogP contribution in [0.1, 0.15) is 25.4 Å². The Morgan fingerprint density at radius 1 is 1.18 bits per heavy atom. The first-order chi connectivity index (χ1) is 8.08. The normalized spacial score (nSPS) is 11.1. The van der Waals surface area contributed by atoms with Crippen LogP contribution in [0.2, 0.25) is 0 Å². The summed E-state index contributed by atoms with van der Waals surface area (Å²) in [5.74, 6) is 1.83. The fraction of sp³-hybridized carbons (Fsp3) is 0.583. The first-order valence-electron chi connectivity index (χ1n) is 5.99. The van der Waals surface area contributed by atoms with Crippen molar-refractivity contribution in [2.75, 3.05) is 19.0 Å². The molecule has 2 heterocycles. The van der Waals surface area contributed by atoms with Gasteiger partial charge in [0.05, 0.1) is 5.69 Å². The molecule has 17 heavy (non-hydrogen) atoms. The van der Waals surface area contributed by atoms with E-state index in [0.29, 0.717) is 0 Å². The molecule has 5 heteroatoms. The van der Waals surface area contributed by atoms with Crippen LogP contribution in [0.3, 0.4) is 0 Å². The van der Waals surface area contributed by atoms with Crippen LogP contribution in [0.5, 0.6) is 0 Å². The fourth-order valence-electron chi connectivity index (χ4n) is 1.96. The van der Waals surface area contributed by atoms with Crippen molar-refractivity contribution in [3.05, 3.63) is 11.5 Å². The molecule has 5 nitrogen and oxygen atoms in total. The van der Waals surface area contributed by atoms with E-state index in [-0.39, 0.29) is 0 Å². The van der Waals surface area contributed by atoms with E-state index in [1.165, 1.54) is 0 Å². The molecule has 92 valence electrons. The summed E-state index contributed by atoms with van der Waals surface area (Å²) >= 11 is 0. The molecule has 0 unspecified atom stereocenters. The van der Waals surface area contributed by atoms with Gasteiger partial charge in [0, 0.05) is 27.1 Å². The third kappa shape index (κ3) is 1.85. The predicted molar refractivity (Wildman–Crippen MR) is 69.4 cm³/mol. The van der Waals surface area contributed by atoms with Gasteiger partial charge < -0.3 is 4.90 Å². The minimum absolute atomic E-state index is 0.833. The van der Waals surface area contributed by atoms with E-state index in [1.54, 1.807) is 0 Å². The van der Waals surface area contributed by atoms with E-state index in [4.69, 9.17) is 0 Å². The lowest BCUT2D eigenvalue weighted by Gasteiger charge is -2.14. The predicted octanol–water partition coefficient (Wildman–Crippen LogP) is 1.78. The van der Waals surface area contributed by atoms with Crippen LogP contribution in [0.15, 0.2) is 0 Å². The summed E-state index contributed by atoms with van der Waals surface area (Å²) in [4.78, 5) is 11.2. The highest BCUT2D eigenvalue weighted by Gasteiger charge is 2.16. The highest BCUT2D eigenvalue weighted by Crippen LogP contribution is 2.24. The average molecular weight is 233 g/mol. The van der Waals surface area contributed by atoms with Gasteiger partial charge in [0.15, 0.2) is 5.82 Å². The Balaban J connectivity index is 2.83. The van der Waals surface area contributed by atoms with Crippen LogP contribution in [0.4, 0.5) is 5.82 Å². The van der Waals surface area contributed by atoms with E-state index in [2.05, 4.69) is 28.9 Å². The largest absolute Gasteiger partial charge is 0.361 e. The van der Waals surface area contributed by atoms with E-state index in [9.17, 15) is 0 Å². The number of aryl methyl sites for hydroxylation is 3. The Bertz CT molecular complexity index is 541. The summed E-state index contributed by atoms with van der Waals surface area (Å²) < 4.78 is 1.97. The second kappa shape index (κ2) is 4.31. The Labute approximate surface area is 101 Å². The molecule has 0 bridgehead atoms. The lowest BCUT2D eigenvalue weighted by atomic mass is 10.3. The van der Waals surface area contributed by atoms with Crippen LogP contribution in [-0.2, 0) is 13.0 Å². The van der Waals surface area contributed by atoms with Crippen molar-refractivity contribution < 1.29 is 0 Å². The highest BCUT2D eigenvalue weighted by molar-refractivity contribution is 5.87. The number of rotatable bonds is 3. The highest BCUT2D eigenvalue weighted by atomic mass is 15.3. The zero-order valence-electron chi connectivity index (χ0n) is 11.2. The van der Waals surface area contributed by atoms with Crippen molar-refractivity contribution in [3.8, 4) is 0 Å². The molecule has 2 aromatic rings. The maximum absolute atomic E-state index is 4.59. The van der Waals surface area contributed by atoms with Gasteiger partial charge in [0.25, 0.3) is 0 Å². The molecule has 0 N–H and O–H groups in total. The molecular formula is C12H19N5. The van der Waals surface area contributed by atoms with Crippen LogP contribution in [-0.4, -0.2) is 33.8 Å². The molecule has 0 fully saturated rings. The number of anilines is 1. The van der Waals surface area contributed by atoms with Crippen molar-refractivity contribution in [1.82, 2.24) is 19.7 Å². The SMILES string of the molecule is CCc1nc(N(C)C)c2c(n1)c(C)nn2CC. The first kappa shape index (κ1) is 11.8. The Hall–Kier alpha value is -1.65. The third-order valence-electron chi connectivity index (χ3n) is 2.82. The van der Waals surface area contributed by atoms with Crippen LogP contribution >= 0.6 is 0 Å². The molecule has 0 aliphatic heterocycles. The van der Waals surface area contributed by atoms with Gasteiger partial charge in [-0.1, -0.05) is 6.92 Å². The summed E-state index contributed by atoms with van der Waals surface area (Å²) in [6, 6.07) is 0. The Morgan fingerprint density at radius 3 is 2.41 bits per heavy atom. The van der Waals surface area contributed by atoms with Gasteiger partial charge in [-0.15, -0.1) is 0 Å². The Kier molecular flexibility index (Phi) is 3.00. The third-order valence-corrected chi connectivity index (χ3v) is 2.82. The lowest BCUT2D eigenvalue weighted by molar-refractivity contribution is 0.674. The van der Waals surface area contributed by atoms with Crippen molar-refractivity contribution >= 4 is 16.9 Å². The van der Waals surface area contributed by atoms with Gasteiger partial charge in [-0.3, -0.25) is 4.68 Å². The molecule has 0 saturated carbocycles. The zero-order chi connectivity index (χ0) is 12.6. The average Bonchev–Trinajstić information content (AvgIpc) is 2.65. The number of hydrogen-bond donors (Lipinski definition) is 0. The molecular weight excluding hydrogens is 214 g/mol. The van der Waals surface area contributed by atoms with Crippen molar-refractivity contribution in [2.24, 2.45) is 0 Å². The monoisotopic (exact) mass is 233 g/mol. The standard InChI is InChI=1S/C12H19N5/c1-6-9-13-10-8(3)15-17(7-2)11(10)12(14-9)16(4)5/h6-7H2,1-5H3. The van der Waals surface area contributed by atoms with E-state index >= 15 is 0 Å². The number of nitrogens with zero attached hydrogens (tertiary/aromatic N) is 5. The second-order valence-corrected chi connectivity index (χ2v) is 4.31. The maximum atomic E-state index is 4.59. The molecule has 0 aromatic carbocycles. The van der Waals surface area contributed by atoms with Gasteiger partial charge in [-0.25, -0.2) is 9.97 Å². The molecule has 0 atom stereocenters. The van der Waals surface area contributed by atoms with Gasteiger partial charge in [0.1, 0.15) is 16.9 Å². The molecule has 2 aromatic heterocycles. The van der Waals surface area contributed by atoms with Crippen molar-refractivity contribution in [3.63, 3.8) is 0 Å². The number of fused-ring (bicyclic) bond motifs is 1. The van der Waals surface area contributed by atoms with E-state index in [1.807, 2.05) is 30.6 Å². The Morgan fingerprint density at radius 2 is 1.88 bits per heavy atom. The van der Waals surface area contributed by atoms with Gasteiger partial charge in [-0.2, -0.15) is 5.10 Å². The second-order valence-electron chi connectivity index (χ2n) is 4.31. The summed E-state index contributed by atoms with van der Waals surface area (Å²) in [7, 11) is 4.01. The topological polar surface area (TPSA) is 46.8 Å². The zero-order valence-corrected chi connectivity index (χ0v) is 11.2. The molecule has 0 aliphatic rings. The maximum Gasteiger partial charge on any atom is 0.158 e. The van der Waals surface area contributed by atoms with Gasteiger partial charge >= 0.3 is 0 Å². The molecule has 0 radical (unpaired) electrons. The molecule has 0 spiro atoms. The van der Waals surface area contributed by atoms with E-state index in [0.717, 1.165) is 41.3 Å². The minimum atomic E-state index is 0.833. The van der Waals surface area contributed by atoms with E-state index < -0.39 is 0 Å². The van der Waals surface area contributed by atoms with Crippen LogP contribution < -0.4 is 4.90 Å². The summed E-state index contributed by atoms with van der Waals surface area (Å²) in [6.45, 7) is 6.99. The fourth-order valence-corrected chi connectivity index (χ4v) is 1.96. The number of hydrogen-bond acceptors (Lipinski definition) is 4. The summed E-state index contributed by atoms with van der Waals surface area (Å²) in [5, 5.41) is 4.51. The number of aromatic nitrogens is 4. The molecule has 0 aliphatic carbocycles. The summed E-state index contributed by atoms with van der Waals surface area (Å²) in [5.41, 5.74) is 2.98.